The Balaban J connectivity index is 1.41. The van der Waals surface area contributed by atoms with Crippen LogP contribution in [0.25, 0.3) is 21.3 Å². The lowest BCUT2D eigenvalue weighted by atomic mass is 10.0. The molecule has 2 saturated heterocycles. The lowest BCUT2D eigenvalue weighted by Gasteiger charge is -2.36. The molecule has 8 heteroatoms. The van der Waals surface area contributed by atoms with Gasteiger partial charge in [-0.25, -0.2) is 9.78 Å². The van der Waals surface area contributed by atoms with Crippen molar-refractivity contribution in [1.82, 2.24) is 25.1 Å². The van der Waals surface area contributed by atoms with E-state index in [1.807, 2.05) is 4.90 Å². The number of fused-ring (bicyclic) bond motifs is 1. The number of rotatable bonds is 4. The highest BCUT2D eigenvalue weighted by atomic mass is 32.1. The summed E-state index contributed by atoms with van der Waals surface area (Å²) < 4.78 is 0. The summed E-state index contributed by atoms with van der Waals surface area (Å²) in [6.07, 6.45) is 2.06. The second kappa shape index (κ2) is 8.09. The number of aryl methyl sites for hydroxylation is 2. The Hall–Kier alpha value is -2.71. The SMILES string of the molecule is Cc1ccc(-c2c(C)sc3nc(CN4CCCC(N5CCNC5=O)C4)[nH]c(=O)c23)cc1. The number of H-pyrrole nitrogens is 1. The van der Waals surface area contributed by atoms with Gasteiger partial charge in [0.05, 0.1) is 11.9 Å². The predicted octanol–water partition coefficient (Wildman–Crippen LogP) is 3.26. The third-order valence-corrected chi connectivity index (χ3v) is 7.31. The fourth-order valence-corrected chi connectivity index (χ4v) is 5.85. The molecule has 0 aliphatic carbocycles. The van der Waals surface area contributed by atoms with Gasteiger partial charge in [0.15, 0.2) is 0 Å². The van der Waals surface area contributed by atoms with E-state index >= 15 is 0 Å². The first-order valence-corrected chi connectivity index (χ1v) is 11.7. The maximum absolute atomic E-state index is 13.1. The van der Waals surface area contributed by atoms with Crippen molar-refractivity contribution in [2.75, 3.05) is 26.2 Å². The number of nitrogens with one attached hydrogen (secondary N) is 2. The number of carbonyl (C=O) groups excluding carboxylic acids is 1. The smallest absolute Gasteiger partial charge is 0.317 e. The number of nitrogens with zero attached hydrogens (tertiary/aromatic N) is 3. The number of carbonyl (C=O) groups is 1. The molecule has 3 aromatic rings. The van der Waals surface area contributed by atoms with Gasteiger partial charge in [0.1, 0.15) is 10.7 Å². The molecule has 7 nitrogen and oxygen atoms in total. The Morgan fingerprint density at radius 3 is 2.71 bits per heavy atom. The number of urea groups is 1. The van der Waals surface area contributed by atoms with Gasteiger partial charge < -0.3 is 15.2 Å². The minimum Gasteiger partial charge on any atom is -0.336 e. The van der Waals surface area contributed by atoms with Crippen LogP contribution in [0.4, 0.5) is 4.79 Å². The first-order chi connectivity index (χ1) is 15.0. The molecule has 1 atom stereocenters. The van der Waals surface area contributed by atoms with Crippen molar-refractivity contribution >= 4 is 27.6 Å². The molecule has 162 valence electrons. The standard InChI is InChI=1S/C23H27N5O2S/c1-14-5-7-16(8-6-14)19-15(2)31-22-20(19)21(29)25-18(26-22)13-27-10-3-4-17(12-27)28-11-9-24-23(28)30/h5-8,17H,3-4,9-13H2,1-2H3,(H,24,30)(H,25,26,29). The van der Waals surface area contributed by atoms with Crippen LogP contribution in [0.5, 0.6) is 0 Å². The van der Waals surface area contributed by atoms with Gasteiger partial charge in [-0.05, 0) is 38.8 Å². The molecule has 2 fully saturated rings. The molecule has 5 rings (SSSR count). The van der Waals surface area contributed by atoms with E-state index in [4.69, 9.17) is 4.98 Å². The fraction of sp³-hybridized carbons (Fsp3) is 0.435. The van der Waals surface area contributed by atoms with E-state index in [2.05, 4.69) is 53.3 Å². The van der Waals surface area contributed by atoms with E-state index < -0.39 is 0 Å². The molecule has 1 aromatic carbocycles. The van der Waals surface area contributed by atoms with Crippen LogP contribution in [0.3, 0.4) is 0 Å². The molecule has 4 heterocycles. The molecular weight excluding hydrogens is 410 g/mol. The number of thiophene rings is 1. The maximum Gasteiger partial charge on any atom is 0.317 e. The molecule has 2 amide bonds. The van der Waals surface area contributed by atoms with E-state index in [0.29, 0.717) is 17.8 Å². The van der Waals surface area contributed by atoms with Gasteiger partial charge in [0.25, 0.3) is 5.56 Å². The molecule has 2 aliphatic heterocycles. The van der Waals surface area contributed by atoms with Gasteiger partial charge in [-0.1, -0.05) is 29.8 Å². The highest BCUT2D eigenvalue weighted by Crippen LogP contribution is 2.35. The summed E-state index contributed by atoms with van der Waals surface area (Å²) in [7, 11) is 0. The highest BCUT2D eigenvalue weighted by molar-refractivity contribution is 7.19. The zero-order chi connectivity index (χ0) is 21.5. The summed E-state index contributed by atoms with van der Waals surface area (Å²) >= 11 is 1.58. The minimum atomic E-state index is -0.0765. The number of aromatic amines is 1. The Kier molecular flexibility index (Phi) is 5.27. The van der Waals surface area contributed by atoms with Gasteiger partial charge in [-0.3, -0.25) is 9.69 Å². The van der Waals surface area contributed by atoms with Gasteiger partial charge in [-0.2, -0.15) is 0 Å². The fourth-order valence-electron chi connectivity index (χ4n) is 4.78. The molecule has 2 N–H and O–H groups in total. The molecule has 0 bridgehead atoms. The summed E-state index contributed by atoms with van der Waals surface area (Å²) in [5, 5.41) is 3.57. The van der Waals surface area contributed by atoms with Gasteiger partial charge in [0.2, 0.25) is 0 Å². The van der Waals surface area contributed by atoms with Crippen LogP contribution in [0.15, 0.2) is 29.1 Å². The predicted molar refractivity (Wildman–Crippen MR) is 124 cm³/mol. The number of hydrogen-bond donors (Lipinski definition) is 2. The number of hydrogen-bond acceptors (Lipinski definition) is 5. The van der Waals surface area contributed by atoms with Crippen LogP contribution in [-0.2, 0) is 6.54 Å². The van der Waals surface area contributed by atoms with E-state index in [1.54, 1.807) is 11.3 Å². The van der Waals surface area contributed by atoms with E-state index in [1.165, 1.54) is 5.56 Å². The largest absolute Gasteiger partial charge is 0.336 e. The normalized spacial score (nSPS) is 19.9. The molecule has 0 radical (unpaired) electrons. The average molecular weight is 438 g/mol. The third kappa shape index (κ3) is 3.85. The van der Waals surface area contributed by atoms with Crippen molar-refractivity contribution in [2.45, 2.75) is 39.3 Å². The van der Waals surface area contributed by atoms with E-state index in [9.17, 15) is 9.59 Å². The summed E-state index contributed by atoms with van der Waals surface area (Å²) in [5.41, 5.74) is 3.16. The topological polar surface area (TPSA) is 81.3 Å². The lowest BCUT2D eigenvalue weighted by Crippen LogP contribution is -2.48. The van der Waals surface area contributed by atoms with Crippen LogP contribution in [0.2, 0.25) is 0 Å². The molecular formula is C23H27N5O2S. The van der Waals surface area contributed by atoms with Crippen LogP contribution in [0.1, 0.15) is 29.1 Å². The van der Waals surface area contributed by atoms with Crippen LogP contribution in [0, 0.1) is 13.8 Å². The van der Waals surface area contributed by atoms with Crippen molar-refractivity contribution in [3.8, 4) is 11.1 Å². The minimum absolute atomic E-state index is 0.0393. The first-order valence-electron chi connectivity index (χ1n) is 10.9. The Bertz CT molecular complexity index is 1180. The first kappa shape index (κ1) is 20.2. The maximum atomic E-state index is 13.1. The monoisotopic (exact) mass is 437 g/mol. The van der Waals surface area contributed by atoms with E-state index in [0.717, 1.165) is 59.9 Å². The summed E-state index contributed by atoms with van der Waals surface area (Å²) in [4.78, 5) is 39.1. The molecule has 2 aliphatic rings. The van der Waals surface area contributed by atoms with Crippen molar-refractivity contribution in [1.29, 1.82) is 0 Å². The van der Waals surface area contributed by atoms with Crippen molar-refractivity contribution in [2.24, 2.45) is 0 Å². The zero-order valence-corrected chi connectivity index (χ0v) is 18.7. The lowest BCUT2D eigenvalue weighted by molar-refractivity contribution is 0.120. The van der Waals surface area contributed by atoms with Crippen molar-refractivity contribution < 1.29 is 4.79 Å². The zero-order valence-electron chi connectivity index (χ0n) is 17.9. The number of amides is 2. The van der Waals surface area contributed by atoms with Crippen LogP contribution in [-0.4, -0.2) is 58.0 Å². The Labute approximate surface area is 185 Å². The molecule has 0 saturated carbocycles. The average Bonchev–Trinajstić information content (AvgIpc) is 3.31. The summed E-state index contributed by atoms with van der Waals surface area (Å²) in [6.45, 7) is 7.96. The quantitative estimate of drug-likeness (QED) is 0.657. The van der Waals surface area contributed by atoms with Crippen LogP contribution < -0.4 is 10.9 Å². The van der Waals surface area contributed by atoms with Crippen LogP contribution >= 0.6 is 11.3 Å². The van der Waals surface area contributed by atoms with Crippen molar-refractivity contribution in [3.05, 3.63) is 50.9 Å². The summed E-state index contributed by atoms with van der Waals surface area (Å²) in [5.74, 6) is 0.695. The van der Waals surface area contributed by atoms with Crippen molar-refractivity contribution in [3.63, 3.8) is 0 Å². The molecule has 0 spiro atoms. The van der Waals surface area contributed by atoms with Gasteiger partial charge >= 0.3 is 6.03 Å². The second-order valence-corrected chi connectivity index (χ2v) is 9.75. The highest BCUT2D eigenvalue weighted by Gasteiger charge is 2.31. The summed E-state index contributed by atoms with van der Waals surface area (Å²) in [6, 6.07) is 8.55. The number of likely N-dealkylation sites (tertiary alicyclic amines) is 1. The molecule has 1 unspecified atom stereocenters. The molecule has 2 aromatic heterocycles. The number of piperidine rings is 1. The number of aromatic nitrogens is 2. The van der Waals surface area contributed by atoms with Gasteiger partial charge in [-0.15, -0.1) is 11.3 Å². The third-order valence-electron chi connectivity index (χ3n) is 6.31. The second-order valence-electron chi connectivity index (χ2n) is 8.55. The molecule has 31 heavy (non-hydrogen) atoms. The Morgan fingerprint density at radius 1 is 1.16 bits per heavy atom. The van der Waals surface area contributed by atoms with E-state index in [-0.39, 0.29) is 17.6 Å². The Morgan fingerprint density at radius 2 is 1.97 bits per heavy atom. The number of benzene rings is 1. The van der Waals surface area contributed by atoms with Gasteiger partial charge in [0, 0.05) is 36.1 Å².